The molecule has 0 saturated heterocycles. The van der Waals surface area contributed by atoms with Gasteiger partial charge >= 0.3 is 0 Å². The second-order valence-corrected chi connectivity index (χ2v) is 7.40. The van der Waals surface area contributed by atoms with E-state index in [0.717, 1.165) is 0 Å². The molecule has 0 saturated carbocycles. The molecule has 0 aromatic heterocycles. The summed E-state index contributed by atoms with van der Waals surface area (Å²) in [4.78, 5) is 0. The summed E-state index contributed by atoms with van der Waals surface area (Å²) >= 11 is 0. The van der Waals surface area contributed by atoms with Gasteiger partial charge in [0.2, 0.25) is 0 Å². The lowest BCUT2D eigenvalue weighted by Crippen LogP contribution is -2.17. The predicted octanol–water partition coefficient (Wildman–Crippen LogP) is 5.21. The highest BCUT2D eigenvalue weighted by Gasteiger charge is 2.21. The summed E-state index contributed by atoms with van der Waals surface area (Å²) in [6.07, 6.45) is 0. The van der Waals surface area contributed by atoms with E-state index >= 15 is 0 Å². The van der Waals surface area contributed by atoms with Crippen molar-refractivity contribution >= 4 is 0 Å². The third-order valence-corrected chi connectivity index (χ3v) is 3.17. The van der Waals surface area contributed by atoms with Crippen LogP contribution in [0.25, 0.3) is 0 Å². The summed E-state index contributed by atoms with van der Waals surface area (Å²) in [5.41, 5.74) is 4.43. The van der Waals surface area contributed by atoms with E-state index in [4.69, 9.17) is 0 Å². The first-order chi connectivity index (χ1) is 7.51. The third kappa shape index (κ3) is 3.59. The van der Waals surface area contributed by atoms with Crippen LogP contribution < -0.4 is 0 Å². The first-order valence-corrected chi connectivity index (χ1v) is 6.60. The van der Waals surface area contributed by atoms with Crippen molar-refractivity contribution < 1.29 is 0 Å². The highest BCUT2D eigenvalue weighted by atomic mass is 14.3. The average Bonchev–Trinajstić information content (AvgIpc) is 2.14. The Morgan fingerprint density at radius 3 is 1.41 bits per heavy atom. The highest BCUT2D eigenvalue weighted by molar-refractivity contribution is 5.37. The third-order valence-electron chi connectivity index (χ3n) is 3.17. The Morgan fingerprint density at radius 2 is 1.18 bits per heavy atom. The number of rotatable bonds is 1. The van der Waals surface area contributed by atoms with Crippen LogP contribution in [0.3, 0.4) is 0 Å². The fraction of sp³-hybridized carbons (Fsp3) is 0.647. The van der Waals surface area contributed by atoms with E-state index in [2.05, 4.69) is 73.6 Å². The van der Waals surface area contributed by atoms with Gasteiger partial charge in [-0.15, -0.1) is 0 Å². The minimum Gasteiger partial charge on any atom is -0.0587 e. The SMILES string of the molecule is CC(C)c1cc(C(C)(C)C)[c]c(C(C)(C)C)c1. The predicted molar refractivity (Wildman–Crippen MR) is 76.8 cm³/mol. The Labute approximate surface area is 107 Å². The maximum atomic E-state index is 3.62. The fourth-order valence-corrected chi connectivity index (χ4v) is 1.73. The lowest BCUT2D eigenvalue weighted by atomic mass is 9.78. The van der Waals surface area contributed by atoms with Crippen LogP contribution >= 0.6 is 0 Å². The molecule has 0 heteroatoms. The van der Waals surface area contributed by atoms with E-state index in [1.807, 2.05) is 0 Å². The van der Waals surface area contributed by atoms with Gasteiger partial charge in [0, 0.05) is 0 Å². The van der Waals surface area contributed by atoms with E-state index < -0.39 is 0 Å². The quantitative estimate of drug-likeness (QED) is 0.622. The summed E-state index contributed by atoms with van der Waals surface area (Å²) in [6.45, 7) is 18.1. The van der Waals surface area contributed by atoms with E-state index in [-0.39, 0.29) is 10.8 Å². The Kier molecular flexibility index (Phi) is 3.76. The Balaban J connectivity index is 3.40. The topological polar surface area (TPSA) is 0 Å². The molecule has 0 aliphatic carbocycles. The molecule has 0 amide bonds. The molecule has 0 bridgehead atoms. The maximum Gasteiger partial charge on any atom is -0.0103 e. The number of benzene rings is 1. The molecule has 95 valence electrons. The van der Waals surface area contributed by atoms with Crippen LogP contribution in [0.4, 0.5) is 0 Å². The van der Waals surface area contributed by atoms with E-state index in [1.54, 1.807) is 0 Å². The standard InChI is InChI=1S/C17H27/c1-12(2)13-9-14(16(3,4)5)11-15(10-13)17(6,7)8/h9-10,12H,1-8H3. The van der Waals surface area contributed by atoms with Crippen molar-refractivity contribution in [3.05, 3.63) is 34.9 Å². The molecule has 1 aromatic carbocycles. The Morgan fingerprint density at radius 1 is 0.824 bits per heavy atom. The summed E-state index contributed by atoms with van der Waals surface area (Å²) < 4.78 is 0. The molecule has 0 atom stereocenters. The van der Waals surface area contributed by atoms with Gasteiger partial charge in [0.15, 0.2) is 0 Å². The average molecular weight is 231 g/mol. The van der Waals surface area contributed by atoms with E-state index in [0.29, 0.717) is 5.92 Å². The minimum atomic E-state index is 0.172. The first kappa shape index (κ1) is 14.3. The number of hydrogen-bond donors (Lipinski definition) is 0. The summed E-state index contributed by atoms with van der Waals surface area (Å²) in [7, 11) is 0. The van der Waals surface area contributed by atoms with Crippen molar-refractivity contribution in [2.45, 2.75) is 72.1 Å². The second kappa shape index (κ2) is 4.48. The van der Waals surface area contributed by atoms with Crippen LogP contribution in [0.2, 0.25) is 0 Å². The summed E-state index contributed by atoms with van der Waals surface area (Å²) in [5, 5.41) is 0. The van der Waals surface area contributed by atoms with Gasteiger partial charge in [-0.05, 0) is 39.5 Å². The monoisotopic (exact) mass is 231 g/mol. The van der Waals surface area contributed by atoms with Crippen LogP contribution in [0, 0.1) is 6.07 Å². The van der Waals surface area contributed by atoms with Gasteiger partial charge in [0.1, 0.15) is 0 Å². The van der Waals surface area contributed by atoms with Gasteiger partial charge in [-0.3, -0.25) is 0 Å². The van der Waals surface area contributed by atoms with Crippen LogP contribution in [-0.2, 0) is 10.8 Å². The van der Waals surface area contributed by atoms with Gasteiger partial charge in [-0.25, -0.2) is 0 Å². The van der Waals surface area contributed by atoms with Gasteiger partial charge in [0.05, 0.1) is 0 Å². The van der Waals surface area contributed by atoms with Gasteiger partial charge in [-0.2, -0.15) is 0 Å². The molecule has 0 spiro atoms. The smallest absolute Gasteiger partial charge is 0.0103 e. The second-order valence-electron chi connectivity index (χ2n) is 7.40. The molecule has 0 aliphatic rings. The van der Waals surface area contributed by atoms with Crippen LogP contribution in [0.1, 0.15) is 78.0 Å². The Hall–Kier alpha value is -0.780. The van der Waals surface area contributed by atoms with Crippen LogP contribution in [0.15, 0.2) is 12.1 Å². The molecular formula is C17H27. The molecule has 0 fully saturated rings. The van der Waals surface area contributed by atoms with Crippen LogP contribution in [-0.4, -0.2) is 0 Å². The molecule has 1 rings (SSSR count). The zero-order valence-corrected chi connectivity index (χ0v) is 12.7. The van der Waals surface area contributed by atoms with Crippen molar-refractivity contribution in [1.82, 2.24) is 0 Å². The molecule has 0 aliphatic heterocycles. The van der Waals surface area contributed by atoms with Crippen molar-refractivity contribution in [2.24, 2.45) is 0 Å². The van der Waals surface area contributed by atoms with Crippen molar-refractivity contribution in [3.63, 3.8) is 0 Å². The largest absolute Gasteiger partial charge is 0.0587 e. The zero-order chi connectivity index (χ0) is 13.4. The molecule has 0 N–H and O–H groups in total. The molecule has 1 aromatic rings. The van der Waals surface area contributed by atoms with E-state index in [1.165, 1.54) is 16.7 Å². The normalized spacial score (nSPS) is 13.2. The van der Waals surface area contributed by atoms with Crippen molar-refractivity contribution in [2.75, 3.05) is 0 Å². The summed E-state index contributed by atoms with van der Waals surface area (Å²) in [5.74, 6) is 0.576. The molecule has 0 unspecified atom stereocenters. The summed E-state index contributed by atoms with van der Waals surface area (Å²) in [6, 6.07) is 8.26. The molecule has 1 radical (unpaired) electrons. The van der Waals surface area contributed by atoms with Crippen molar-refractivity contribution in [3.8, 4) is 0 Å². The maximum absolute atomic E-state index is 3.62. The molecule has 17 heavy (non-hydrogen) atoms. The zero-order valence-electron chi connectivity index (χ0n) is 12.7. The Bertz CT molecular complexity index is 351. The van der Waals surface area contributed by atoms with Crippen molar-refractivity contribution in [1.29, 1.82) is 0 Å². The molecule has 0 nitrogen and oxygen atoms in total. The van der Waals surface area contributed by atoms with E-state index in [9.17, 15) is 0 Å². The fourth-order valence-electron chi connectivity index (χ4n) is 1.73. The lowest BCUT2D eigenvalue weighted by Gasteiger charge is -2.26. The van der Waals surface area contributed by atoms with Gasteiger partial charge < -0.3 is 0 Å². The first-order valence-electron chi connectivity index (χ1n) is 6.60. The lowest BCUT2D eigenvalue weighted by molar-refractivity contribution is 0.563. The van der Waals surface area contributed by atoms with Crippen LogP contribution in [0.5, 0.6) is 0 Å². The molecular weight excluding hydrogens is 204 g/mol. The molecule has 0 heterocycles. The minimum absolute atomic E-state index is 0.172. The highest BCUT2D eigenvalue weighted by Crippen LogP contribution is 2.31. The number of hydrogen-bond acceptors (Lipinski definition) is 0. The van der Waals surface area contributed by atoms with Gasteiger partial charge in [0.25, 0.3) is 0 Å². The van der Waals surface area contributed by atoms with Gasteiger partial charge in [-0.1, -0.05) is 67.5 Å².